The quantitative estimate of drug-likeness (QED) is 0.333. The van der Waals surface area contributed by atoms with Crippen molar-refractivity contribution in [3.05, 3.63) is 12.2 Å². The van der Waals surface area contributed by atoms with E-state index < -0.39 is 0 Å². The molecule has 1 saturated heterocycles. The minimum Gasteiger partial charge on any atom is -0.386 e. The van der Waals surface area contributed by atoms with Gasteiger partial charge in [-0.05, 0) is 0 Å². The second-order valence-corrected chi connectivity index (χ2v) is 1.94. The lowest BCUT2D eigenvalue weighted by Gasteiger charge is -1.91. The molecule has 0 aromatic carbocycles. The van der Waals surface area contributed by atoms with E-state index in [0.29, 0.717) is 0 Å². The zero-order chi connectivity index (χ0) is 4.85. The fourth-order valence-corrected chi connectivity index (χ4v) is 0.899. The van der Waals surface area contributed by atoms with Gasteiger partial charge in [0.15, 0.2) is 0 Å². The zero-order valence-corrected chi connectivity index (χ0v) is 3.74. The van der Waals surface area contributed by atoms with Crippen molar-refractivity contribution in [2.75, 3.05) is 0 Å². The van der Waals surface area contributed by atoms with Gasteiger partial charge >= 0.3 is 0 Å². The van der Waals surface area contributed by atoms with E-state index in [2.05, 4.69) is 0 Å². The zero-order valence-electron chi connectivity index (χ0n) is 3.74. The molecule has 3 atom stereocenters. The molecule has 1 heterocycles. The number of ether oxygens (including phenoxy) is 1. The molecule has 2 heteroatoms. The van der Waals surface area contributed by atoms with Crippen molar-refractivity contribution in [2.24, 2.45) is 0 Å². The van der Waals surface area contributed by atoms with Crippen molar-refractivity contribution in [3.63, 3.8) is 0 Å². The Bertz CT molecular complexity index is 119. The second-order valence-electron chi connectivity index (χ2n) is 1.94. The molecule has 1 N–H and O–H groups in total. The third-order valence-corrected chi connectivity index (χ3v) is 1.40. The summed E-state index contributed by atoms with van der Waals surface area (Å²) in [6.45, 7) is 0. The first-order chi connectivity index (χ1) is 3.38. The molecule has 1 aliphatic heterocycles. The number of hydrogen-bond donors (Lipinski definition) is 1. The Kier molecular flexibility index (Phi) is 0.470. The lowest BCUT2D eigenvalue weighted by atomic mass is 10.3. The van der Waals surface area contributed by atoms with E-state index in [0.717, 1.165) is 0 Å². The van der Waals surface area contributed by atoms with Crippen molar-refractivity contribution in [1.29, 1.82) is 0 Å². The summed E-state index contributed by atoms with van der Waals surface area (Å²) in [5, 5.41) is 8.83. The lowest BCUT2D eigenvalue weighted by Crippen LogP contribution is -2.07. The number of fused-ring (bicyclic) bond motifs is 1. The van der Waals surface area contributed by atoms with E-state index in [1.807, 2.05) is 6.08 Å². The van der Waals surface area contributed by atoms with Crippen molar-refractivity contribution >= 4 is 0 Å². The van der Waals surface area contributed by atoms with E-state index in [9.17, 15) is 0 Å². The van der Waals surface area contributed by atoms with Crippen LogP contribution in [0.2, 0.25) is 0 Å². The van der Waals surface area contributed by atoms with Crippen LogP contribution in [0.1, 0.15) is 0 Å². The molecular formula is C5H6O2. The maximum absolute atomic E-state index is 8.83. The van der Waals surface area contributed by atoms with Gasteiger partial charge in [-0.25, -0.2) is 0 Å². The molecule has 0 amide bonds. The summed E-state index contributed by atoms with van der Waals surface area (Å²) in [5.74, 6) is 0. The van der Waals surface area contributed by atoms with Crippen LogP contribution in [0.5, 0.6) is 0 Å². The van der Waals surface area contributed by atoms with Crippen LogP contribution in [0.4, 0.5) is 0 Å². The summed E-state index contributed by atoms with van der Waals surface area (Å²) in [6.07, 6.45) is 3.74. The average molecular weight is 98.1 g/mol. The molecule has 2 rings (SSSR count). The number of epoxide rings is 1. The fourth-order valence-electron chi connectivity index (χ4n) is 0.899. The van der Waals surface area contributed by atoms with Gasteiger partial charge in [0.2, 0.25) is 0 Å². The largest absolute Gasteiger partial charge is 0.386 e. The first kappa shape index (κ1) is 3.64. The smallest absolute Gasteiger partial charge is 0.118 e. The number of hydrogen-bond acceptors (Lipinski definition) is 2. The molecule has 3 unspecified atom stereocenters. The number of aliphatic hydroxyl groups is 1. The Labute approximate surface area is 41.4 Å². The molecule has 38 valence electrons. The van der Waals surface area contributed by atoms with Crippen LogP contribution >= 0.6 is 0 Å². The first-order valence-electron chi connectivity index (χ1n) is 2.40. The standard InChI is InChI=1S/C5H6O2/c6-3-1-2-4-5(3)7-4/h1-6H. The molecule has 1 aliphatic carbocycles. The molecule has 0 bridgehead atoms. The second kappa shape index (κ2) is 0.904. The molecule has 1 fully saturated rings. The third kappa shape index (κ3) is 0.353. The van der Waals surface area contributed by atoms with Gasteiger partial charge in [0.05, 0.1) is 0 Å². The highest BCUT2D eigenvalue weighted by Gasteiger charge is 2.45. The topological polar surface area (TPSA) is 32.8 Å². The first-order valence-corrected chi connectivity index (χ1v) is 2.40. The molecule has 2 aliphatic rings. The van der Waals surface area contributed by atoms with Crippen LogP contribution < -0.4 is 0 Å². The highest BCUT2D eigenvalue weighted by atomic mass is 16.6. The highest BCUT2D eigenvalue weighted by molar-refractivity contribution is 5.18. The van der Waals surface area contributed by atoms with E-state index in [1.54, 1.807) is 6.08 Å². The molecule has 0 aromatic heterocycles. The van der Waals surface area contributed by atoms with Gasteiger partial charge < -0.3 is 9.84 Å². The fraction of sp³-hybridized carbons (Fsp3) is 0.600. The van der Waals surface area contributed by atoms with Crippen molar-refractivity contribution < 1.29 is 9.84 Å². The molecule has 2 nitrogen and oxygen atoms in total. The maximum atomic E-state index is 8.83. The molecular weight excluding hydrogens is 92.1 g/mol. The van der Waals surface area contributed by atoms with Crippen LogP contribution in [-0.4, -0.2) is 23.4 Å². The van der Waals surface area contributed by atoms with Gasteiger partial charge in [-0.2, -0.15) is 0 Å². The van der Waals surface area contributed by atoms with E-state index in [4.69, 9.17) is 9.84 Å². The third-order valence-electron chi connectivity index (χ3n) is 1.40. The Morgan fingerprint density at radius 1 is 1.43 bits per heavy atom. The average Bonchev–Trinajstić information content (AvgIpc) is 2.33. The summed E-state index contributed by atoms with van der Waals surface area (Å²) in [7, 11) is 0. The molecule has 0 saturated carbocycles. The normalized spacial score (nSPS) is 54.7. The molecule has 0 aromatic rings. The van der Waals surface area contributed by atoms with E-state index in [-0.39, 0.29) is 18.3 Å². The summed E-state index contributed by atoms with van der Waals surface area (Å²) in [4.78, 5) is 0. The summed E-state index contributed by atoms with van der Waals surface area (Å²) in [5.41, 5.74) is 0. The highest BCUT2D eigenvalue weighted by Crippen LogP contribution is 2.32. The lowest BCUT2D eigenvalue weighted by molar-refractivity contribution is 0.175. The van der Waals surface area contributed by atoms with Gasteiger partial charge in [-0.15, -0.1) is 0 Å². The number of aliphatic hydroxyl groups excluding tert-OH is 1. The molecule has 7 heavy (non-hydrogen) atoms. The van der Waals surface area contributed by atoms with Crippen molar-refractivity contribution in [1.82, 2.24) is 0 Å². The van der Waals surface area contributed by atoms with Gasteiger partial charge in [0.1, 0.15) is 18.3 Å². The molecule has 0 radical (unpaired) electrons. The summed E-state index contributed by atoms with van der Waals surface area (Å²) < 4.78 is 4.93. The summed E-state index contributed by atoms with van der Waals surface area (Å²) >= 11 is 0. The predicted octanol–water partition coefficient (Wildman–Crippen LogP) is -0.316. The predicted molar refractivity (Wildman–Crippen MR) is 23.8 cm³/mol. The van der Waals surface area contributed by atoms with Crippen molar-refractivity contribution in [2.45, 2.75) is 18.3 Å². The van der Waals surface area contributed by atoms with E-state index >= 15 is 0 Å². The summed E-state index contributed by atoms with van der Waals surface area (Å²) in [6, 6.07) is 0. The minimum atomic E-state index is -0.315. The monoisotopic (exact) mass is 98.0 g/mol. The van der Waals surface area contributed by atoms with Gasteiger partial charge in [-0.1, -0.05) is 12.2 Å². The van der Waals surface area contributed by atoms with Crippen LogP contribution in [0.25, 0.3) is 0 Å². The maximum Gasteiger partial charge on any atom is 0.118 e. The van der Waals surface area contributed by atoms with Gasteiger partial charge in [-0.3, -0.25) is 0 Å². The molecule has 0 spiro atoms. The van der Waals surface area contributed by atoms with E-state index in [1.165, 1.54) is 0 Å². The Balaban J connectivity index is 2.22. The number of rotatable bonds is 0. The Hall–Kier alpha value is -0.340. The Morgan fingerprint density at radius 3 is 2.43 bits per heavy atom. The minimum absolute atomic E-state index is 0.125. The Morgan fingerprint density at radius 2 is 2.29 bits per heavy atom. The van der Waals surface area contributed by atoms with Crippen LogP contribution in [-0.2, 0) is 4.74 Å². The van der Waals surface area contributed by atoms with Gasteiger partial charge in [0, 0.05) is 0 Å². The van der Waals surface area contributed by atoms with Crippen molar-refractivity contribution in [3.8, 4) is 0 Å². The SMILES string of the molecule is OC1C=CC2OC12. The van der Waals surface area contributed by atoms with Gasteiger partial charge in [0.25, 0.3) is 0 Å². The van der Waals surface area contributed by atoms with Crippen LogP contribution in [0.15, 0.2) is 12.2 Å². The van der Waals surface area contributed by atoms with Crippen LogP contribution in [0.3, 0.4) is 0 Å². The van der Waals surface area contributed by atoms with Crippen LogP contribution in [0, 0.1) is 0 Å².